The third kappa shape index (κ3) is 5.55. The molecule has 3 rings (SSSR count). The van der Waals surface area contributed by atoms with E-state index >= 15 is 0 Å². The molecule has 0 N–H and O–H groups in total. The van der Waals surface area contributed by atoms with Gasteiger partial charge in [-0.2, -0.15) is 53.1 Å². The molecule has 1 atom stereocenters. The van der Waals surface area contributed by atoms with Crippen LogP contribution in [-0.4, -0.2) is 44.4 Å². The first kappa shape index (κ1) is 26.8. The second-order valence-corrected chi connectivity index (χ2v) is 10.6. The van der Waals surface area contributed by atoms with Crippen molar-refractivity contribution in [1.29, 1.82) is 0 Å². The van der Waals surface area contributed by atoms with E-state index in [4.69, 9.17) is 0 Å². The molecule has 1 aliphatic rings. The quantitative estimate of drug-likeness (QED) is 0.301. The summed E-state index contributed by atoms with van der Waals surface area (Å²) in [6, 6.07) is 6.53. The molecule has 0 spiro atoms. The predicted octanol–water partition coefficient (Wildman–Crippen LogP) is 3.89. The van der Waals surface area contributed by atoms with Crippen molar-refractivity contribution in [2.75, 3.05) is 11.4 Å². The van der Waals surface area contributed by atoms with Crippen LogP contribution >= 0.6 is 0 Å². The van der Waals surface area contributed by atoms with Crippen LogP contribution in [0.25, 0.3) is 0 Å². The van der Waals surface area contributed by atoms with E-state index in [2.05, 4.69) is 18.3 Å². The Labute approximate surface area is 195 Å². The van der Waals surface area contributed by atoms with Crippen LogP contribution < -0.4 is 13.3 Å². The van der Waals surface area contributed by atoms with Crippen molar-refractivity contribution in [3.05, 3.63) is 41.0 Å². The molecular weight excluding hydrogens is 532 g/mol. The van der Waals surface area contributed by atoms with E-state index in [1.54, 1.807) is 24.3 Å². The van der Waals surface area contributed by atoms with E-state index in [-0.39, 0.29) is 6.54 Å². The molecule has 17 heteroatoms. The van der Waals surface area contributed by atoms with Crippen LogP contribution in [0.1, 0.15) is 35.6 Å². The van der Waals surface area contributed by atoms with Crippen molar-refractivity contribution in [3.63, 3.8) is 0 Å². The molecule has 1 fully saturated rings. The third-order valence-corrected chi connectivity index (χ3v) is 6.85. The zero-order valence-corrected chi connectivity index (χ0v) is 19.5. The summed E-state index contributed by atoms with van der Waals surface area (Å²) in [5.41, 5.74) is -11.1. The standard InChI is InChI=1S/C18H17F6N3O6S2/c1-10-5-7-12(8-6-10)13-4-3-9-27(13)16-25-14(32-34(28,29)17(19,20)21)11(2)15(26-16)33-35(30,31)18(22,23)24/h5-8,13H,3-4,9H2,1-2H3/t13-/m0/s1. The molecule has 2 heterocycles. The third-order valence-electron chi connectivity index (χ3n) is 4.96. The van der Waals surface area contributed by atoms with Gasteiger partial charge in [0.1, 0.15) is 0 Å². The number of aromatic nitrogens is 2. The van der Waals surface area contributed by atoms with Gasteiger partial charge >= 0.3 is 31.3 Å². The van der Waals surface area contributed by atoms with Crippen molar-refractivity contribution in [1.82, 2.24) is 9.97 Å². The van der Waals surface area contributed by atoms with Crippen molar-refractivity contribution in [2.24, 2.45) is 0 Å². The van der Waals surface area contributed by atoms with Gasteiger partial charge in [-0.15, -0.1) is 0 Å². The predicted molar refractivity (Wildman–Crippen MR) is 108 cm³/mol. The van der Waals surface area contributed by atoms with Gasteiger partial charge in [0.15, 0.2) is 0 Å². The van der Waals surface area contributed by atoms with Gasteiger partial charge in [0.05, 0.1) is 11.6 Å². The molecule has 9 nitrogen and oxygen atoms in total. The van der Waals surface area contributed by atoms with Gasteiger partial charge in [-0.1, -0.05) is 29.8 Å². The minimum Gasteiger partial charge on any atom is -0.355 e. The van der Waals surface area contributed by atoms with Crippen LogP contribution in [-0.2, 0) is 20.2 Å². The maximum Gasteiger partial charge on any atom is 0.534 e. The molecule has 0 radical (unpaired) electrons. The lowest BCUT2D eigenvalue weighted by molar-refractivity contribution is -0.0503. The van der Waals surface area contributed by atoms with Crippen molar-refractivity contribution in [3.8, 4) is 11.8 Å². The Kier molecular flexibility index (Phi) is 6.88. The smallest absolute Gasteiger partial charge is 0.355 e. The second-order valence-electron chi connectivity index (χ2n) is 7.49. The normalized spacial score (nSPS) is 17.5. The Morgan fingerprint density at radius 2 is 1.31 bits per heavy atom. The zero-order chi connectivity index (χ0) is 26.4. The Hall–Kier alpha value is -2.82. The van der Waals surface area contributed by atoms with Crippen LogP contribution in [0.5, 0.6) is 11.8 Å². The molecule has 0 aliphatic carbocycles. The second kappa shape index (κ2) is 9.00. The number of nitrogens with zero attached hydrogens (tertiary/aromatic N) is 3. The molecule has 0 saturated carbocycles. The molecule has 1 aromatic carbocycles. The van der Waals surface area contributed by atoms with Crippen LogP contribution in [0.2, 0.25) is 0 Å². The van der Waals surface area contributed by atoms with E-state index in [1.807, 2.05) is 6.92 Å². The Morgan fingerprint density at radius 3 is 1.74 bits per heavy atom. The molecular formula is C18H17F6N3O6S2. The van der Waals surface area contributed by atoms with Gasteiger partial charge in [0.25, 0.3) is 0 Å². The lowest BCUT2D eigenvalue weighted by atomic mass is 10.0. The first-order valence-electron chi connectivity index (χ1n) is 9.66. The molecule has 1 saturated heterocycles. The van der Waals surface area contributed by atoms with E-state index < -0.39 is 60.6 Å². The zero-order valence-electron chi connectivity index (χ0n) is 17.9. The molecule has 1 aromatic heterocycles. The number of aryl methyl sites for hydroxylation is 1. The lowest BCUT2D eigenvalue weighted by Gasteiger charge is -2.26. The SMILES string of the molecule is Cc1ccc([C@@H]2CCCN2c2nc(OS(=O)(=O)C(F)(F)F)c(C)c(OS(=O)(=O)C(F)(F)F)n2)cc1. The van der Waals surface area contributed by atoms with E-state index in [9.17, 15) is 43.2 Å². The summed E-state index contributed by atoms with van der Waals surface area (Å²) in [6.07, 6.45) is 0.984. The Bertz CT molecular complexity index is 1240. The van der Waals surface area contributed by atoms with Crippen molar-refractivity contribution < 1.29 is 51.5 Å². The topological polar surface area (TPSA) is 116 Å². The maximum atomic E-state index is 12.9. The summed E-state index contributed by atoms with van der Waals surface area (Å²) in [5.74, 6) is -3.26. The number of rotatable bonds is 6. The minimum atomic E-state index is -6.31. The summed E-state index contributed by atoms with van der Waals surface area (Å²) in [4.78, 5) is 8.68. The fraction of sp³-hybridized carbons (Fsp3) is 0.444. The number of hydrogen-bond donors (Lipinski definition) is 0. The summed E-state index contributed by atoms with van der Waals surface area (Å²) >= 11 is 0. The molecule has 0 unspecified atom stereocenters. The first-order chi connectivity index (χ1) is 15.9. The fourth-order valence-corrected chi connectivity index (χ4v) is 4.13. The Balaban J connectivity index is 2.14. The Morgan fingerprint density at radius 1 is 0.857 bits per heavy atom. The summed E-state index contributed by atoms with van der Waals surface area (Å²) in [6.45, 7) is 2.74. The fourth-order valence-electron chi connectivity index (χ4n) is 3.20. The van der Waals surface area contributed by atoms with Gasteiger partial charge in [-0.25, -0.2) is 0 Å². The average molecular weight is 549 g/mol. The largest absolute Gasteiger partial charge is 0.534 e. The van der Waals surface area contributed by atoms with Gasteiger partial charge in [0, 0.05) is 6.54 Å². The maximum absolute atomic E-state index is 12.9. The lowest BCUT2D eigenvalue weighted by Crippen LogP contribution is -2.31. The van der Waals surface area contributed by atoms with Crippen LogP contribution in [0.4, 0.5) is 32.3 Å². The highest BCUT2D eigenvalue weighted by atomic mass is 32.2. The van der Waals surface area contributed by atoms with Crippen molar-refractivity contribution >= 4 is 26.2 Å². The molecule has 0 bridgehead atoms. The summed E-state index contributed by atoms with van der Waals surface area (Å²) < 4.78 is 131. The highest BCUT2D eigenvalue weighted by Gasteiger charge is 2.51. The molecule has 35 heavy (non-hydrogen) atoms. The minimum absolute atomic E-state index is 0.165. The van der Waals surface area contributed by atoms with Crippen LogP contribution in [0.15, 0.2) is 24.3 Å². The molecule has 194 valence electrons. The van der Waals surface area contributed by atoms with Gasteiger partial charge in [0.2, 0.25) is 17.7 Å². The number of hydrogen-bond acceptors (Lipinski definition) is 9. The van der Waals surface area contributed by atoms with Gasteiger partial charge in [-0.05, 0) is 32.3 Å². The first-order valence-corrected chi connectivity index (χ1v) is 12.5. The van der Waals surface area contributed by atoms with Gasteiger partial charge in [-0.3, -0.25) is 0 Å². The van der Waals surface area contributed by atoms with E-state index in [1.165, 1.54) is 4.90 Å². The van der Waals surface area contributed by atoms with E-state index in [0.29, 0.717) is 18.4 Å². The average Bonchev–Trinajstić information content (AvgIpc) is 3.19. The molecule has 1 aliphatic heterocycles. The summed E-state index contributed by atoms with van der Waals surface area (Å²) in [5, 5.41) is 0. The number of benzene rings is 1. The van der Waals surface area contributed by atoms with E-state index in [0.717, 1.165) is 12.5 Å². The monoisotopic (exact) mass is 549 g/mol. The number of anilines is 1. The highest BCUT2D eigenvalue weighted by Crippen LogP contribution is 2.39. The highest BCUT2D eigenvalue weighted by molar-refractivity contribution is 7.88. The molecule has 2 aromatic rings. The molecule has 0 amide bonds. The van der Waals surface area contributed by atoms with Gasteiger partial charge < -0.3 is 13.3 Å². The van der Waals surface area contributed by atoms with Crippen LogP contribution in [0, 0.1) is 13.8 Å². The summed E-state index contributed by atoms with van der Waals surface area (Å²) in [7, 11) is -12.6. The number of halogens is 6. The van der Waals surface area contributed by atoms with Crippen LogP contribution in [0.3, 0.4) is 0 Å². The van der Waals surface area contributed by atoms with Crippen molar-refractivity contribution in [2.45, 2.75) is 43.7 Å². The number of alkyl halides is 6.